The third-order valence-electron chi connectivity index (χ3n) is 6.73. The molecule has 0 amide bonds. The molecule has 0 bridgehead atoms. The van der Waals surface area contributed by atoms with Crippen LogP contribution in [0.3, 0.4) is 0 Å². The fraction of sp³-hybridized carbons (Fsp3) is 0.577. The van der Waals surface area contributed by atoms with Crippen LogP contribution in [-0.4, -0.2) is 12.7 Å². The van der Waals surface area contributed by atoms with Gasteiger partial charge in [-0.1, -0.05) is 43.3 Å². The number of halogens is 1. The van der Waals surface area contributed by atoms with Crippen molar-refractivity contribution in [1.82, 2.24) is 0 Å². The van der Waals surface area contributed by atoms with Gasteiger partial charge < -0.3 is 4.74 Å². The molecule has 1 aromatic rings. The minimum Gasteiger partial charge on any atom is -0.378 e. The van der Waals surface area contributed by atoms with Crippen molar-refractivity contribution in [2.45, 2.75) is 76.7 Å². The molecule has 0 atom stereocenters. The zero-order valence-corrected chi connectivity index (χ0v) is 17.7. The smallest absolute Gasteiger partial charge is 0.199 e. The van der Waals surface area contributed by atoms with E-state index in [4.69, 9.17) is 10.00 Å². The van der Waals surface area contributed by atoms with Crippen LogP contribution >= 0.6 is 0 Å². The number of allylic oxidation sites excluding steroid dienone is 4. The molecule has 1 aromatic carbocycles. The summed E-state index contributed by atoms with van der Waals surface area (Å²) in [6, 6.07) is 10.7. The van der Waals surface area contributed by atoms with Gasteiger partial charge in [-0.15, -0.1) is 0 Å². The lowest BCUT2D eigenvalue weighted by Crippen LogP contribution is -2.25. The normalized spacial score (nSPS) is 28.4. The van der Waals surface area contributed by atoms with E-state index in [1.807, 2.05) is 6.08 Å². The Morgan fingerprint density at radius 1 is 1.07 bits per heavy atom. The number of nitriles is 1. The quantitative estimate of drug-likeness (QED) is 0.367. The number of rotatable bonds is 7. The van der Waals surface area contributed by atoms with Crippen molar-refractivity contribution in [2.75, 3.05) is 6.61 Å². The summed E-state index contributed by atoms with van der Waals surface area (Å²) in [5.41, 5.74) is 2.92. The Bertz CT molecular complexity index is 714. The van der Waals surface area contributed by atoms with Gasteiger partial charge in [-0.2, -0.15) is 9.65 Å². The summed E-state index contributed by atoms with van der Waals surface area (Å²) in [6.07, 6.45) is 16.0. The number of nitrogens with zero attached hydrogens (tertiary/aromatic N) is 1. The first kappa shape index (κ1) is 21.8. The van der Waals surface area contributed by atoms with Crippen LogP contribution in [0, 0.1) is 23.2 Å². The molecule has 2 fully saturated rings. The molecular formula is C26H34FNO. The maximum atomic E-state index is 12.8. The Hall–Kier alpha value is -1.92. The molecule has 3 heteroatoms. The van der Waals surface area contributed by atoms with Crippen LogP contribution in [0.25, 0.3) is 0 Å². The Kier molecular flexibility index (Phi) is 8.50. The van der Waals surface area contributed by atoms with Gasteiger partial charge in [0.05, 0.1) is 6.10 Å². The van der Waals surface area contributed by atoms with Crippen LogP contribution in [0.1, 0.15) is 75.3 Å². The zero-order chi connectivity index (χ0) is 20.5. The zero-order valence-electron chi connectivity index (χ0n) is 17.7. The van der Waals surface area contributed by atoms with Crippen molar-refractivity contribution in [3.63, 3.8) is 0 Å². The van der Waals surface area contributed by atoms with Crippen molar-refractivity contribution < 1.29 is 9.13 Å². The van der Waals surface area contributed by atoms with Gasteiger partial charge in [0.15, 0.2) is 5.83 Å². The highest BCUT2D eigenvalue weighted by Crippen LogP contribution is 2.35. The molecule has 0 saturated heterocycles. The largest absolute Gasteiger partial charge is 0.378 e. The highest BCUT2D eigenvalue weighted by molar-refractivity contribution is 5.25. The molecule has 2 aliphatic rings. The average Bonchev–Trinajstić information content (AvgIpc) is 2.79. The molecule has 2 saturated carbocycles. The molecule has 0 aromatic heterocycles. The van der Waals surface area contributed by atoms with Gasteiger partial charge in [0.25, 0.3) is 0 Å². The lowest BCUT2D eigenvalue weighted by atomic mass is 9.81. The Morgan fingerprint density at radius 3 is 2.38 bits per heavy atom. The van der Waals surface area contributed by atoms with E-state index in [-0.39, 0.29) is 0 Å². The first-order valence-electron chi connectivity index (χ1n) is 11.3. The van der Waals surface area contributed by atoms with E-state index in [2.05, 4.69) is 31.2 Å². The van der Waals surface area contributed by atoms with E-state index in [0.717, 1.165) is 25.9 Å². The molecule has 2 aliphatic carbocycles. The number of benzene rings is 1. The molecule has 3 rings (SSSR count). The van der Waals surface area contributed by atoms with Gasteiger partial charge in [0, 0.05) is 6.61 Å². The van der Waals surface area contributed by atoms with Crippen LogP contribution in [0.5, 0.6) is 0 Å². The minimum atomic E-state index is -0.726. The number of aryl methyl sites for hydroxylation is 1. The van der Waals surface area contributed by atoms with E-state index in [9.17, 15) is 4.39 Å². The summed E-state index contributed by atoms with van der Waals surface area (Å²) in [5.74, 6) is 1.13. The van der Waals surface area contributed by atoms with Crippen molar-refractivity contribution >= 4 is 0 Å². The standard InChI is InChI=1S/C26H34FNO/c1-2-20-10-12-23(13-11-20)24-14-16-26(17-15-24)29-19-22-8-6-21(7-9-22)4-3-5-25(27)18-28/h3-5,10-13,21-22,24,26H,2,6-9,14-17,19H2,1H3/t21-,22-,24-,26-. The molecule has 29 heavy (non-hydrogen) atoms. The maximum Gasteiger partial charge on any atom is 0.199 e. The number of ether oxygens (including phenoxy) is 1. The van der Waals surface area contributed by atoms with Crippen LogP contribution in [0.2, 0.25) is 0 Å². The third-order valence-corrected chi connectivity index (χ3v) is 6.73. The number of hydrogen-bond acceptors (Lipinski definition) is 2. The second kappa shape index (κ2) is 11.3. The summed E-state index contributed by atoms with van der Waals surface area (Å²) in [7, 11) is 0. The third kappa shape index (κ3) is 6.82. The Morgan fingerprint density at radius 2 is 1.76 bits per heavy atom. The first-order chi connectivity index (χ1) is 14.2. The van der Waals surface area contributed by atoms with Gasteiger partial charge >= 0.3 is 0 Å². The molecule has 156 valence electrons. The topological polar surface area (TPSA) is 33.0 Å². The van der Waals surface area contributed by atoms with E-state index in [0.29, 0.717) is 23.9 Å². The van der Waals surface area contributed by atoms with Gasteiger partial charge in [-0.25, -0.2) is 0 Å². The second-order valence-electron chi connectivity index (χ2n) is 8.69. The SMILES string of the molecule is CCc1ccc([C@H]2CC[C@H](OC[C@H]3CC[C@H](C=CC=C(F)C#N)CC3)CC2)cc1. The fourth-order valence-corrected chi connectivity index (χ4v) is 4.74. The average molecular weight is 396 g/mol. The molecular weight excluding hydrogens is 361 g/mol. The first-order valence-corrected chi connectivity index (χ1v) is 11.3. The molecule has 0 aliphatic heterocycles. The summed E-state index contributed by atoms with van der Waals surface area (Å²) in [6.45, 7) is 3.09. The van der Waals surface area contributed by atoms with E-state index < -0.39 is 5.83 Å². The number of hydrogen-bond donors (Lipinski definition) is 0. The van der Waals surface area contributed by atoms with E-state index >= 15 is 0 Å². The summed E-state index contributed by atoms with van der Waals surface area (Å²) in [4.78, 5) is 0. The van der Waals surface area contributed by atoms with Crippen molar-refractivity contribution in [1.29, 1.82) is 5.26 Å². The summed E-state index contributed by atoms with van der Waals surface area (Å²) in [5, 5.41) is 8.42. The monoisotopic (exact) mass is 395 g/mol. The molecule has 0 heterocycles. The Labute approximate surface area is 175 Å². The molecule has 0 spiro atoms. The van der Waals surface area contributed by atoms with Crippen LogP contribution in [-0.2, 0) is 11.2 Å². The lowest BCUT2D eigenvalue weighted by molar-refractivity contribution is -0.00337. The highest BCUT2D eigenvalue weighted by atomic mass is 19.1. The van der Waals surface area contributed by atoms with Gasteiger partial charge in [0.2, 0.25) is 0 Å². The van der Waals surface area contributed by atoms with Crippen LogP contribution < -0.4 is 0 Å². The fourth-order valence-electron chi connectivity index (χ4n) is 4.74. The highest BCUT2D eigenvalue weighted by Gasteiger charge is 2.25. The van der Waals surface area contributed by atoms with Gasteiger partial charge in [-0.3, -0.25) is 0 Å². The van der Waals surface area contributed by atoms with Crippen LogP contribution in [0.15, 0.2) is 48.3 Å². The van der Waals surface area contributed by atoms with Gasteiger partial charge in [-0.05, 0) is 92.7 Å². The Balaban J connectivity index is 1.33. The predicted octanol–water partition coefficient (Wildman–Crippen LogP) is 7.03. The predicted molar refractivity (Wildman–Crippen MR) is 116 cm³/mol. The van der Waals surface area contributed by atoms with E-state index in [1.165, 1.54) is 61.8 Å². The van der Waals surface area contributed by atoms with Crippen molar-refractivity contribution in [3.05, 3.63) is 59.4 Å². The second-order valence-corrected chi connectivity index (χ2v) is 8.69. The lowest BCUT2D eigenvalue weighted by Gasteiger charge is -2.32. The molecule has 0 radical (unpaired) electrons. The minimum absolute atomic E-state index is 0.429. The van der Waals surface area contributed by atoms with Crippen molar-refractivity contribution in [3.8, 4) is 6.07 Å². The summed E-state index contributed by atoms with van der Waals surface area (Å²) >= 11 is 0. The molecule has 0 unspecified atom stereocenters. The van der Waals surface area contributed by atoms with Gasteiger partial charge in [0.1, 0.15) is 6.07 Å². The molecule has 0 N–H and O–H groups in total. The van der Waals surface area contributed by atoms with Crippen LogP contribution in [0.4, 0.5) is 4.39 Å². The van der Waals surface area contributed by atoms with Crippen molar-refractivity contribution in [2.24, 2.45) is 11.8 Å². The molecule has 2 nitrogen and oxygen atoms in total. The summed E-state index contributed by atoms with van der Waals surface area (Å²) < 4.78 is 19.1. The van der Waals surface area contributed by atoms with E-state index in [1.54, 1.807) is 6.08 Å². The maximum absolute atomic E-state index is 12.8.